The first-order valence-corrected chi connectivity index (χ1v) is 10.4. The van der Waals surface area contributed by atoms with E-state index in [-0.39, 0.29) is 17.7 Å². The standard InChI is InChI=1S/C18H19ClN4OS2/c1-13(15-6-2-3-7-16(15)19)21-17(24)11-26-18-22-20-12-23(18)9-8-14-5-4-10-25-14/h2-7,10,12-13H,8-9,11H2,1H3,(H,21,24). The first kappa shape index (κ1) is 18.9. The summed E-state index contributed by atoms with van der Waals surface area (Å²) in [6.07, 6.45) is 2.64. The lowest BCUT2D eigenvalue weighted by molar-refractivity contribution is -0.119. The van der Waals surface area contributed by atoms with Gasteiger partial charge in [-0.3, -0.25) is 4.79 Å². The zero-order chi connectivity index (χ0) is 18.4. The number of nitrogens with one attached hydrogen (secondary N) is 1. The van der Waals surface area contributed by atoms with Crippen LogP contribution < -0.4 is 5.32 Å². The molecule has 5 nitrogen and oxygen atoms in total. The molecule has 2 aromatic heterocycles. The highest BCUT2D eigenvalue weighted by Gasteiger charge is 2.14. The van der Waals surface area contributed by atoms with Gasteiger partial charge in [0.1, 0.15) is 6.33 Å². The van der Waals surface area contributed by atoms with E-state index in [1.165, 1.54) is 16.6 Å². The van der Waals surface area contributed by atoms with Gasteiger partial charge in [-0.2, -0.15) is 0 Å². The SMILES string of the molecule is CC(NC(=O)CSc1nncn1CCc1cccs1)c1ccccc1Cl. The Kier molecular flexibility index (Phi) is 6.71. The van der Waals surface area contributed by atoms with Gasteiger partial charge in [-0.25, -0.2) is 0 Å². The predicted octanol–water partition coefficient (Wildman–Crippen LogP) is 4.21. The van der Waals surface area contributed by atoms with E-state index in [0.29, 0.717) is 5.02 Å². The number of thiophene rings is 1. The molecule has 0 aliphatic carbocycles. The summed E-state index contributed by atoms with van der Waals surface area (Å²) >= 11 is 9.31. The zero-order valence-corrected chi connectivity index (χ0v) is 16.7. The number of halogens is 1. The summed E-state index contributed by atoms with van der Waals surface area (Å²) in [6, 6.07) is 11.5. The van der Waals surface area contributed by atoms with Gasteiger partial charge in [0.15, 0.2) is 5.16 Å². The largest absolute Gasteiger partial charge is 0.349 e. The number of rotatable bonds is 8. The summed E-state index contributed by atoms with van der Waals surface area (Å²) in [6.45, 7) is 2.72. The molecule has 1 amide bonds. The van der Waals surface area contributed by atoms with Gasteiger partial charge in [-0.15, -0.1) is 21.5 Å². The van der Waals surface area contributed by atoms with Gasteiger partial charge < -0.3 is 9.88 Å². The van der Waals surface area contributed by atoms with Crippen molar-refractivity contribution in [2.75, 3.05) is 5.75 Å². The monoisotopic (exact) mass is 406 g/mol. The van der Waals surface area contributed by atoms with Crippen LogP contribution in [-0.2, 0) is 17.8 Å². The number of hydrogen-bond donors (Lipinski definition) is 1. The lowest BCUT2D eigenvalue weighted by Crippen LogP contribution is -2.28. The minimum Gasteiger partial charge on any atom is -0.349 e. The highest BCUT2D eigenvalue weighted by atomic mass is 35.5. The Balaban J connectivity index is 1.50. The Morgan fingerprint density at radius 1 is 1.35 bits per heavy atom. The second-order valence-electron chi connectivity index (χ2n) is 5.74. The van der Waals surface area contributed by atoms with Crippen molar-refractivity contribution in [1.29, 1.82) is 0 Å². The first-order valence-electron chi connectivity index (χ1n) is 8.20. The number of nitrogens with zero attached hydrogens (tertiary/aromatic N) is 3. The van der Waals surface area contributed by atoms with Gasteiger partial charge >= 0.3 is 0 Å². The Bertz CT molecular complexity index is 851. The Morgan fingerprint density at radius 2 is 2.19 bits per heavy atom. The highest BCUT2D eigenvalue weighted by molar-refractivity contribution is 7.99. The number of aryl methyl sites for hydroxylation is 2. The van der Waals surface area contributed by atoms with Gasteiger partial charge in [0.25, 0.3) is 0 Å². The smallest absolute Gasteiger partial charge is 0.230 e. The van der Waals surface area contributed by atoms with Crippen LogP contribution >= 0.6 is 34.7 Å². The molecule has 1 aromatic carbocycles. The molecule has 3 aromatic rings. The third kappa shape index (κ3) is 5.09. The number of benzene rings is 1. The summed E-state index contributed by atoms with van der Waals surface area (Å²) in [7, 11) is 0. The highest BCUT2D eigenvalue weighted by Crippen LogP contribution is 2.22. The van der Waals surface area contributed by atoms with Crippen molar-refractivity contribution < 1.29 is 4.79 Å². The van der Waals surface area contributed by atoms with Crippen molar-refractivity contribution in [3.05, 3.63) is 63.6 Å². The lowest BCUT2D eigenvalue weighted by atomic mass is 10.1. The molecule has 0 bridgehead atoms. The molecule has 0 spiro atoms. The fraction of sp³-hybridized carbons (Fsp3) is 0.278. The molecule has 0 saturated heterocycles. The topological polar surface area (TPSA) is 59.8 Å². The maximum absolute atomic E-state index is 12.3. The second kappa shape index (κ2) is 9.21. The van der Waals surface area contributed by atoms with Crippen LogP contribution in [0, 0.1) is 0 Å². The average molecular weight is 407 g/mol. The van der Waals surface area contributed by atoms with Crippen molar-refractivity contribution >= 4 is 40.6 Å². The van der Waals surface area contributed by atoms with Gasteiger partial charge in [-0.1, -0.05) is 47.6 Å². The number of thioether (sulfide) groups is 1. The van der Waals surface area contributed by atoms with Gasteiger partial charge in [-0.05, 0) is 36.4 Å². The summed E-state index contributed by atoms with van der Waals surface area (Å²) in [4.78, 5) is 13.6. The average Bonchev–Trinajstić information content (AvgIpc) is 3.30. The predicted molar refractivity (Wildman–Crippen MR) is 107 cm³/mol. The Morgan fingerprint density at radius 3 is 2.96 bits per heavy atom. The molecule has 0 fully saturated rings. The molecule has 0 radical (unpaired) electrons. The fourth-order valence-corrected chi connectivity index (χ4v) is 4.26. The molecule has 26 heavy (non-hydrogen) atoms. The van der Waals surface area contributed by atoms with E-state index in [1.807, 2.05) is 41.8 Å². The fourth-order valence-electron chi connectivity index (χ4n) is 2.51. The third-order valence-electron chi connectivity index (χ3n) is 3.84. The Hall–Kier alpha value is -1.83. The minimum absolute atomic E-state index is 0.0600. The van der Waals surface area contributed by atoms with E-state index in [0.717, 1.165) is 23.7 Å². The van der Waals surface area contributed by atoms with Crippen molar-refractivity contribution in [2.24, 2.45) is 0 Å². The van der Waals surface area contributed by atoms with Gasteiger partial charge in [0.2, 0.25) is 5.91 Å². The summed E-state index contributed by atoms with van der Waals surface area (Å²) in [5.41, 5.74) is 0.909. The van der Waals surface area contributed by atoms with Crippen LogP contribution in [0.1, 0.15) is 23.4 Å². The minimum atomic E-state index is -0.145. The molecule has 3 rings (SSSR count). The van der Waals surface area contributed by atoms with E-state index in [9.17, 15) is 4.79 Å². The molecule has 1 atom stereocenters. The van der Waals surface area contributed by atoms with Crippen LogP contribution in [0.25, 0.3) is 0 Å². The zero-order valence-electron chi connectivity index (χ0n) is 14.3. The van der Waals surface area contributed by atoms with E-state index in [4.69, 9.17) is 11.6 Å². The molecule has 136 valence electrons. The van der Waals surface area contributed by atoms with E-state index < -0.39 is 0 Å². The van der Waals surface area contributed by atoms with Crippen molar-refractivity contribution in [2.45, 2.75) is 31.1 Å². The quantitative estimate of drug-likeness (QED) is 0.569. The molecule has 0 saturated carbocycles. The van der Waals surface area contributed by atoms with Gasteiger partial charge in [0, 0.05) is 16.4 Å². The van der Waals surface area contributed by atoms with Crippen molar-refractivity contribution in [3.8, 4) is 0 Å². The molecule has 2 heterocycles. The number of aromatic nitrogens is 3. The second-order valence-corrected chi connectivity index (χ2v) is 8.12. The van der Waals surface area contributed by atoms with E-state index >= 15 is 0 Å². The summed E-state index contributed by atoms with van der Waals surface area (Å²) in [5, 5.41) is 14.5. The van der Waals surface area contributed by atoms with E-state index in [1.54, 1.807) is 17.7 Å². The number of amides is 1. The lowest BCUT2D eigenvalue weighted by Gasteiger charge is -2.15. The molecule has 8 heteroatoms. The normalized spacial score (nSPS) is 12.1. The summed E-state index contributed by atoms with van der Waals surface area (Å²) in [5.74, 6) is 0.224. The summed E-state index contributed by atoms with van der Waals surface area (Å²) < 4.78 is 1.98. The maximum Gasteiger partial charge on any atom is 0.230 e. The molecule has 0 aliphatic heterocycles. The number of carbonyl (C=O) groups is 1. The molecule has 1 unspecified atom stereocenters. The third-order valence-corrected chi connectivity index (χ3v) is 6.10. The number of carbonyl (C=O) groups excluding carboxylic acids is 1. The van der Waals surface area contributed by atoms with E-state index in [2.05, 4.69) is 27.0 Å². The van der Waals surface area contributed by atoms with Crippen LogP contribution in [0.5, 0.6) is 0 Å². The Labute approximate surface area is 165 Å². The maximum atomic E-state index is 12.3. The van der Waals surface area contributed by atoms with Crippen LogP contribution in [0.4, 0.5) is 0 Å². The van der Waals surface area contributed by atoms with Crippen molar-refractivity contribution in [3.63, 3.8) is 0 Å². The molecular formula is C18H19ClN4OS2. The molecular weight excluding hydrogens is 388 g/mol. The van der Waals surface area contributed by atoms with Crippen LogP contribution in [0.3, 0.4) is 0 Å². The van der Waals surface area contributed by atoms with Crippen LogP contribution in [0.15, 0.2) is 53.3 Å². The molecule has 1 N–H and O–H groups in total. The number of hydrogen-bond acceptors (Lipinski definition) is 5. The van der Waals surface area contributed by atoms with Gasteiger partial charge in [0.05, 0.1) is 11.8 Å². The first-order chi connectivity index (χ1) is 12.6. The van der Waals surface area contributed by atoms with Crippen LogP contribution in [-0.4, -0.2) is 26.4 Å². The van der Waals surface area contributed by atoms with Crippen molar-refractivity contribution in [1.82, 2.24) is 20.1 Å². The molecule has 0 aliphatic rings. The van der Waals surface area contributed by atoms with Crippen LogP contribution in [0.2, 0.25) is 5.02 Å².